The Labute approximate surface area is 132 Å². The Bertz CT molecular complexity index is 649. The van der Waals surface area contributed by atoms with Gasteiger partial charge in [-0.2, -0.15) is 0 Å². The molecule has 0 saturated heterocycles. The normalized spacial score (nSPS) is 10.2. The molecule has 0 atom stereocenters. The van der Waals surface area contributed by atoms with E-state index in [0.29, 0.717) is 15.6 Å². The molecule has 0 aliphatic carbocycles. The quantitative estimate of drug-likeness (QED) is 0.871. The van der Waals surface area contributed by atoms with Gasteiger partial charge in [-0.05, 0) is 23.8 Å². The molecule has 0 saturated carbocycles. The van der Waals surface area contributed by atoms with Crippen LogP contribution in [0.5, 0.6) is 0 Å². The summed E-state index contributed by atoms with van der Waals surface area (Å²) in [4.78, 5) is 11.7. The summed E-state index contributed by atoms with van der Waals surface area (Å²) < 4.78 is 13.4. The van der Waals surface area contributed by atoms with Crippen molar-refractivity contribution in [2.24, 2.45) is 0 Å². The Morgan fingerprint density at radius 2 is 1.67 bits per heavy atom. The van der Waals surface area contributed by atoms with Crippen LogP contribution in [0.15, 0.2) is 42.5 Å². The highest BCUT2D eigenvalue weighted by molar-refractivity contribution is 6.35. The highest BCUT2D eigenvalue weighted by atomic mass is 35.5. The molecule has 2 rings (SSSR count). The standard InChI is InChI=1S/C15H13Cl2FN2O/c16-12-6-5-10(13(17)7-12)8-19-15(21)20-9-11-3-1-2-4-14(11)18/h1-7H,8-9H2,(H2,19,20,21). The molecule has 0 spiro atoms. The SMILES string of the molecule is O=C(NCc1ccccc1F)NCc1ccc(Cl)cc1Cl. The van der Waals surface area contributed by atoms with Crippen molar-refractivity contribution in [3.05, 3.63) is 69.5 Å². The van der Waals surface area contributed by atoms with Crippen LogP contribution < -0.4 is 10.6 Å². The van der Waals surface area contributed by atoms with E-state index in [1.807, 2.05) is 0 Å². The van der Waals surface area contributed by atoms with Crippen LogP contribution in [0, 0.1) is 5.82 Å². The predicted molar refractivity (Wildman–Crippen MR) is 81.9 cm³/mol. The molecule has 2 N–H and O–H groups in total. The zero-order valence-electron chi connectivity index (χ0n) is 11.0. The van der Waals surface area contributed by atoms with Gasteiger partial charge in [-0.3, -0.25) is 0 Å². The fourth-order valence-corrected chi connectivity index (χ4v) is 2.20. The average Bonchev–Trinajstić information content (AvgIpc) is 2.45. The topological polar surface area (TPSA) is 41.1 Å². The molecule has 0 aromatic heterocycles. The fourth-order valence-electron chi connectivity index (χ4n) is 1.72. The van der Waals surface area contributed by atoms with Crippen molar-refractivity contribution < 1.29 is 9.18 Å². The molecule has 21 heavy (non-hydrogen) atoms. The predicted octanol–water partition coefficient (Wildman–Crippen LogP) is 4.13. The summed E-state index contributed by atoms with van der Waals surface area (Å²) >= 11 is 11.8. The summed E-state index contributed by atoms with van der Waals surface area (Å²) in [5.74, 6) is -0.349. The zero-order valence-corrected chi connectivity index (χ0v) is 12.5. The molecule has 2 aromatic carbocycles. The van der Waals surface area contributed by atoms with Crippen molar-refractivity contribution in [3.8, 4) is 0 Å². The van der Waals surface area contributed by atoms with E-state index >= 15 is 0 Å². The minimum atomic E-state index is -0.399. The molecule has 0 radical (unpaired) electrons. The molecular weight excluding hydrogens is 314 g/mol. The minimum absolute atomic E-state index is 0.118. The maximum Gasteiger partial charge on any atom is 0.315 e. The van der Waals surface area contributed by atoms with Gasteiger partial charge in [-0.25, -0.2) is 9.18 Å². The smallest absolute Gasteiger partial charge is 0.315 e. The van der Waals surface area contributed by atoms with Gasteiger partial charge in [0.05, 0.1) is 0 Å². The van der Waals surface area contributed by atoms with Gasteiger partial charge >= 0.3 is 6.03 Å². The second kappa shape index (κ2) is 7.29. The molecule has 0 aliphatic rings. The van der Waals surface area contributed by atoms with Crippen LogP contribution in [-0.2, 0) is 13.1 Å². The highest BCUT2D eigenvalue weighted by Gasteiger charge is 2.06. The summed E-state index contributed by atoms with van der Waals surface area (Å²) in [5.41, 5.74) is 1.18. The van der Waals surface area contributed by atoms with Crippen LogP contribution in [0.2, 0.25) is 10.0 Å². The number of carbonyl (C=O) groups is 1. The first-order valence-electron chi connectivity index (χ1n) is 6.25. The molecule has 0 unspecified atom stereocenters. The van der Waals surface area contributed by atoms with Gasteiger partial charge in [0.2, 0.25) is 0 Å². The van der Waals surface area contributed by atoms with E-state index in [9.17, 15) is 9.18 Å². The lowest BCUT2D eigenvalue weighted by Gasteiger charge is -2.09. The maximum absolute atomic E-state index is 13.4. The Morgan fingerprint density at radius 3 is 2.33 bits per heavy atom. The summed E-state index contributed by atoms with van der Waals surface area (Å²) in [6.45, 7) is 0.381. The van der Waals surface area contributed by atoms with E-state index in [4.69, 9.17) is 23.2 Å². The number of amides is 2. The van der Waals surface area contributed by atoms with Gasteiger partial charge in [0.15, 0.2) is 0 Å². The Balaban J connectivity index is 1.84. The van der Waals surface area contributed by atoms with Gasteiger partial charge in [0.1, 0.15) is 5.82 Å². The van der Waals surface area contributed by atoms with E-state index in [2.05, 4.69) is 10.6 Å². The molecule has 6 heteroatoms. The first kappa shape index (κ1) is 15.6. The molecule has 0 bridgehead atoms. The minimum Gasteiger partial charge on any atom is -0.334 e. The number of hydrogen-bond acceptors (Lipinski definition) is 1. The second-order valence-electron chi connectivity index (χ2n) is 4.36. The van der Waals surface area contributed by atoms with Crippen molar-refractivity contribution in [1.82, 2.24) is 10.6 Å². The molecule has 0 aliphatic heterocycles. The average molecular weight is 327 g/mol. The molecule has 2 amide bonds. The monoisotopic (exact) mass is 326 g/mol. The van der Waals surface area contributed by atoms with Crippen LogP contribution >= 0.6 is 23.2 Å². The lowest BCUT2D eigenvalue weighted by atomic mass is 10.2. The number of hydrogen-bond donors (Lipinski definition) is 2. The van der Waals surface area contributed by atoms with Crippen LogP contribution in [0.1, 0.15) is 11.1 Å². The summed E-state index contributed by atoms with van der Waals surface area (Å²) in [7, 11) is 0. The summed E-state index contributed by atoms with van der Waals surface area (Å²) in [5, 5.41) is 6.25. The summed E-state index contributed by atoms with van der Waals surface area (Å²) in [6.07, 6.45) is 0. The Morgan fingerprint density at radius 1 is 1.00 bits per heavy atom. The number of carbonyl (C=O) groups excluding carboxylic acids is 1. The molecule has 2 aromatic rings. The number of urea groups is 1. The maximum atomic E-state index is 13.4. The van der Waals surface area contributed by atoms with Crippen molar-refractivity contribution in [1.29, 1.82) is 0 Å². The van der Waals surface area contributed by atoms with E-state index < -0.39 is 6.03 Å². The van der Waals surface area contributed by atoms with E-state index in [1.54, 1.807) is 36.4 Å². The van der Waals surface area contributed by atoms with E-state index in [-0.39, 0.29) is 18.9 Å². The molecule has 110 valence electrons. The molecular formula is C15H13Cl2FN2O. The molecule has 0 heterocycles. The van der Waals surface area contributed by atoms with Crippen molar-refractivity contribution in [2.45, 2.75) is 13.1 Å². The summed E-state index contributed by atoms with van der Waals surface area (Å²) in [6, 6.07) is 10.9. The molecule has 0 fully saturated rings. The van der Waals surface area contributed by atoms with Crippen molar-refractivity contribution in [2.75, 3.05) is 0 Å². The fraction of sp³-hybridized carbons (Fsp3) is 0.133. The molecule has 3 nitrogen and oxygen atoms in total. The first-order chi connectivity index (χ1) is 10.1. The number of halogens is 3. The number of benzene rings is 2. The Hall–Kier alpha value is -1.78. The number of rotatable bonds is 4. The van der Waals surface area contributed by atoms with Crippen LogP contribution in [-0.4, -0.2) is 6.03 Å². The van der Waals surface area contributed by atoms with Gasteiger partial charge < -0.3 is 10.6 Å². The lowest BCUT2D eigenvalue weighted by molar-refractivity contribution is 0.240. The largest absolute Gasteiger partial charge is 0.334 e. The second-order valence-corrected chi connectivity index (χ2v) is 5.21. The highest BCUT2D eigenvalue weighted by Crippen LogP contribution is 2.20. The van der Waals surface area contributed by atoms with Crippen LogP contribution in [0.25, 0.3) is 0 Å². The lowest BCUT2D eigenvalue weighted by Crippen LogP contribution is -2.34. The van der Waals surface area contributed by atoms with Crippen molar-refractivity contribution >= 4 is 29.2 Å². The van der Waals surface area contributed by atoms with Gasteiger partial charge in [0, 0.05) is 28.7 Å². The van der Waals surface area contributed by atoms with Gasteiger partial charge in [-0.15, -0.1) is 0 Å². The third kappa shape index (κ3) is 4.62. The van der Waals surface area contributed by atoms with E-state index in [0.717, 1.165) is 5.56 Å². The van der Waals surface area contributed by atoms with Gasteiger partial charge in [-0.1, -0.05) is 47.5 Å². The van der Waals surface area contributed by atoms with Crippen LogP contribution in [0.3, 0.4) is 0 Å². The number of nitrogens with one attached hydrogen (secondary N) is 2. The Kier molecular flexibility index (Phi) is 5.42. The zero-order chi connectivity index (χ0) is 15.2. The van der Waals surface area contributed by atoms with Gasteiger partial charge in [0.25, 0.3) is 0 Å². The van der Waals surface area contributed by atoms with Crippen molar-refractivity contribution in [3.63, 3.8) is 0 Å². The third-order valence-electron chi connectivity index (χ3n) is 2.85. The first-order valence-corrected chi connectivity index (χ1v) is 7.01. The van der Waals surface area contributed by atoms with Crippen LogP contribution in [0.4, 0.5) is 9.18 Å². The van der Waals surface area contributed by atoms with E-state index in [1.165, 1.54) is 6.07 Å². The third-order valence-corrected chi connectivity index (χ3v) is 3.44.